The molecule has 9 heteroatoms. The van der Waals surface area contributed by atoms with Crippen LogP contribution in [0.2, 0.25) is 0 Å². The van der Waals surface area contributed by atoms with Crippen molar-refractivity contribution in [2.24, 2.45) is 0 Å². The fraction of sp³-hybridized carbons (Fsp3) is 0.250. The molecular weight excluding hydrogens is 420 g/mol. The summed E-state index contributed by atoms with van der Waals surface area (Å²) in [5.41, 5.74) is 3.54. The van der Waals surface area contributed by atoms with Gasteiger partial charge in [0.05, 0.1) is 38.7 Å². The van der Waals surface area contributed by atoms with Gasteiger partial charge in [-0.15, -0.1) is 0 Å². The molecular formula is C24H26N6O3. The monoisotopic (exact) mass is 446 g/mol. The number of pyridine rings is 2. The zero-order chi connectivity index (χ0) is 23.2. The highest BCUT2D eigenvalue weighted by molar-refractivity contribution is 5.94. The van der Waals surface area contributed by atoms with Gasteiger partial charge in [-0.3, -0.25) is 4.98 Å². The molecule has 3 aromatic heterocycles. The standard InChI is InChI=1S/C24H26N6O3/c1-15-10-17(14-27-23(15)33-4)28-22-18-11-20(31-2)21(32-3)12-19(18)29-24(30-22)26-9-7-16-6-5-8-25-13-16/h5-6,8,10-14H,7,9H2,1-4H3,(H2,26,28,29,30). The molecule has 0 amide bonds. The number of methoxy groups -OCH3 is 3. The smallest absolute Gasteiger partial charge is 0.225 e. The second-order valence-corrected chi connectivity index (χ2v) is 7.33. The first-order valence-corrected chi connectivity index (χ1v) is 10.5. The van der Waals surface area contributed by atoms with Crippen LogP contribution in [0, 0.1) is 6.92 Å². The fourth-order valence-corrected chi connectivity index (χ4v) is 3.48. The van der Waals surface area contributed by atoms with E-state index in [0.717, 1.165) is 28.6 Å². The lowest BCUT2D eigenvalue weighted by Crippen LogP contribution is -2.10. The number of nitrogens with one attached hydrogen (secondary N) is 2. The van der Waals surface area contributed by atoms with Crippen molar-refractivity contribution in [2.45, 2.75) is 13.3 Å². The first-order valence-electron chi connectivity index (χ1n) is 10.5. The Morgan fingerprint density at radius 3 is 2.45 bits per heavy atom. The summed E-state index contributed by atoms with van der Waals surface area (Å²) in [5.74, 6) is 2.89. The van der Waals surface area contributed by atoms with Crippen molar-refractivity contribution in [1.82, 2.24) is 19.9 Å². The molecule has 1 aromatic carbocycles. The molecule has 2 N–H and O–H groups in total. The van der Waals surface area contributed by atoms with E-state index in [2.05, 4.69) is 25.6 Å². The minimum atomic E-state index is 0.499. The Balaban J connectivity index is 1.69. The number of hydrogen-bond acceptors (Lipinski definition) is 9. The first kappa shape index (κ1) is 22.1. The SMILES string of the molecule is COc1cc2nc(NCCc3cccnc3)nc(Nc3cnc(OC)c(C)c3)c2cc1OC. The fourth-order valence-electron chi connectivity index (χ4n) is 3.48. The van der Waals surface area contributed by atoms with Gasteiger partial charge in [0.1, 0.15) is 5.82 Å². The summed E-state index contributed by atoms with van der Waals surface area (Å²) in [5, 5.41) is 7.46. The van der Waals surface area contributed by atoms with Crippen LogP contribution in [0.3, 0.4) is 0 Å². The van der Waals surface area contributed by atoms with Gasteiger partial charge in [-0.05, 0) is 37.1 Å². The van der Waals surface area contributed by atoms with Gasteiger partial charge in [0, 0.05) is 36.0 Å². The number of anilines is 3. The van der Waals surface area contributed by atoms with Crippen LogP contribution in [-0.4, -0.2) is 47.8 Å². The van der Waals surface area contributed by atoms with Gasteiger partial charge in [-0.25, -0.2) is 9.97 Å². The molecule has 4 rings (SSSR count). The molecule has 0 radical (unpaired) electrons. The van der Waals surface area contributed by atoms with E-state index in [0.29, 0.717) is 41.2 Å². The van der Waals surface area contributed by atoms with E-state index in [4.69, 9.17) is 19.2 Å². The molecule has 0 unspecified atom stereocenters. The Morgan fingerprint density at radius 1 is 0.939 bits per heavy atom. The average Bonchev–Trinajstić information content (AvgIpc) is 2.84. The van der Waals surface area contributed by atoms with E-state index >= 15 is 0 Å². The molecule has 0 atom stereocenters. The zero-order valence-electron chi connectivity index (χ0n) is 19.0. The lowest BCUT2D eigenvalue weighted by molar-refractivity contribution is 0.356. The predicted molar refractivity (Wildman–Crippen MR) is 128 cm³/mol. The molecule has 3 heterocycles. The van der Waals surface area contributed by atoms with E-state index < -0.39 is 0 Å². The Labute approximate surface area is 192 Å². The van der Waals surface area contributed by atoms with Crippen LogP contribution in [0.1, 0.15) is 11.1 Å². The molecule has 4 aromatic rings. The summed E-state index contributed by atoms with van der Waals surface area (Å²) in [4.78, 5) is 17.9. The van der Waals surface area contributed by atoms with E-state index in [-0.39, 0.29) is 0 Å². The second-order valence-electron chi connectivity index (χ2n) is 7.33. The minimum absolute atomic E-state index is 0.499. The first-order chi connectivity index (χ1) is 16.1. The number of aryl methyl sites for hydroxylation is 1. The van der Waals surface area contributed by atoms with Gasteiger partial charge in [0.25, 0.3) is 0 Å². The summed E-state index contributed by atoms with van der Waals surface area (Å²) in [6.07, 6.45) is 6.12. The van der Waals surface area contributed by atoms with Gasteiger partial charge in [-0.1, -0.05) is 6.07 Å². The number of ether oxygens (including phenoxy) is 3. The number of fused-ring (bicyclic) bond motifs is 1. The molecule has 0 fully saturated rings. The third kappa shape index (κ3) is 5.03. The number of rotatable bonds is 9. The van der Waals surface area contributed by atoms with Gasteiger partial charge >= 0.3 is 0 Å². The van der Waals surface area contributed by atoms with Crippen LogP contribution in [0.5, 0.6) is 17.4 Å². The van der Waals surface area contributed by atoms with Crippen molar-refractivity contribution in [1.29, 1.82) is 0 Å². The molecule has 0 saturated heterocycles. The zero-order valence-corrected chi connectivity index (χ0v) is 19.0. The van der Waals surface area contributed by atoms with Crippen molar-refractivity contribution >= 4 is 28.4 Å². The highest BCUT2D eigenvalue weighted by Crippen LogP contribution is 2.35. The maximum Gasteiger partial charge on any atom is 0.225 e. The molecule has 170 valence electrons. The lowest BCUT2D eigenvalue weighted by Gasteiger charge is -2.15. The Bertz CT molecular complexity index is 1250. The lowest BCUT2D eigenvalue weighted by atomic mass is 10.2. The molecule has 0 bridgehead atoms. The number of nitrogens with zero attached hydrogens (tertiary/aromatic N) is 4. The Hall–Kier alpha value is -4.14. The Kier molecular flexibility index (Phi) is 6.68. The maximum absolute atomic E-state index is 5.48. The van der Waals surface area contributed by atoms with Crippen LogP contribution in [0.4, 0.5) is 17.5 Å². The van der Waals surface area contributed by atoms with Crippen molar-refractivity contribution in [3.63, 3.8) is 0 Å². The van der Waals surface area contributed by atoms with Gasteiger partial charge < -0.3 is 24.8 Å². The molecule has 0 spiro atoms. The molecule has 0 aliphatic heterocycles. The van der Waals surface area contributed by atoms with E-state index in [1.54, 1.807) is 33.7 Å². The van der Waals surface area contributed by atoms with Gasteiger partial charge in [-0.2, -0.15) is 4.98 Å². The normalized spacial score (nSPS) is 10.7. The van der Waals surface area contributed by atoms with E-state index in [1.165, 1.54) is 0 Å². The number of benzene rings is 1. The summed E-state index contributed by atoms with van der Waals surface area (Å²) in [7, 11) is 4.80. The van der Waals surface area contributed by atoms with Crippen molar-refractivity contribution in [2.75, 3.05) is 38.5 Å². The predicted octanol–water partition coefficient (Wildman–Crippen LogP) is 4.15. The number of hydrogen-bond donors (Lipinski definition) is 2. The van der Waals surface area contributed by atoms with E-state index in [9.17, 15) is 0 Å². The van der Waals surface area contributed by atoms with E-state index in [1.807, 2.05) is 43.5 Å². The Morgan fingerprint density at radius 2 is 1.76 bits per heavy atom. The molecule has 0 aliphatic rings. The van der Waals surface area contributed by atoms with Crippen LogP contribution >= 0.6 is 0 Å². The van der Waals surface area contributed by atoms with Gasteiger partial charge in [0.2, 0.25) is 11.8 Å². The summed E-state index contributed by atoms with van der Waals surface area (Å²) < 4.78 is 16.2. The molecule has 33 heavy (non-hydrogen) atoms. The second kappa shape index (κ2) is 9.99. The molecule has 9 nitrogen and oxygen atoms in total. The third-order valence-electron chi connectivity index (χ3n) is 5.11. The highest BCUT2D eigenvalue weighted by atomic mass is 16.5. The summed E-state index contributed by atoms with van der Waals surface area (Å²) >= 11 is 0. The van der Waals surface area contributed by atoms with Crippen LogP contribution in [0.15, 0.2) is 48.9 Å². The summed E-state index contributed by atoms with van der Waals surface area (Å²) in [6, 6.07) is 9.62. The third-order valence-corrected chi connectivity index (χ3v) is 5.11. The van der Waals surface area contributed by atoms with Crippen molar-refractivity contribution in [3.05, 3.63) is 60.0 Å². The largest absolute Gasteiger partial charge is 0.493 e. The topological polar surface area (TPSA) is 103 Å². The maximum atomic E-state index is 5.48. The van der Waals surface area contributed by atoms with Crippen LogP contribution in [-0.2, 0) is 6.42 Å². The van der Waals surface area contributed by atoms with Gasteiger partial charge in [0.15, 0.2) is 11.5 Å². The molecule has 0 saturated carbocycles. The highest BCUT2D eigenvalue weighted by Gasteiger charge is 2.14. The quantitative estimate of drug-likeness (QED) is 0.392. The van der Waals surface area contributed by atoms with Crippen LogP contribution in [0.25, 0.3) is 10.9 Å². The molecule has 0 aliphatic carbocycles. The minimum Gasteiger partial charge on any atom is -0.493 e. The summed E-state index contributed by atoms with van der Waals surface area (Å²) in [6.45, 7) is 2.60. The average molecular weight is 447 g/mol. The van der Waals surface area contributed by atoms with Crippen LogP contribution < -0.4 is 24.8 Å². The van der Waals surface area contributed by atoms with Crippen molar-refractivity contribution < 1.29 is 14.2 Å². The number of aromatic nitrogens is 4. The van der Waals surface area contributed by atoms with Crippen molar-refractivity contribution in [3.8, 4) is 17.4 Å².